The van der Waals surface area contributed by atoms with Crippen molar-refractivity contribution in [3.8, 4) is 5.75 Å². The number of phenolic OH excluding ortho intramolecular Hbond substituents is 1. The van der Waals surface area contributed by atoms with E-state index in [0.717, 1.165) is 24.3 Å². The molecular weight excluding hydrogens is 264 g/mol. The van der Waals surface area contributed by atoms with Crippen LogP contribution in [0.1, 0.15) is 18.4 Å². The van der Waals surface area contributed by atoms with E-state index in [1.807, 2.05) is 30.3 Å². The highest BCUT2D eigenvalue weighted by Crippen LogP contribution is 2.31. The quantitative estimate of drug-likeness (QED) is 0.877. The predicted molar refractivity (Wildman–Crippen MR) is 83.4 cm³/mol. The summed E-state index contributed by atoms with van der Waals surface area (Å²) in [6.45, 7) is 0.738. The van der Waals surface area contributed by atoms with Gasteiger partial charge in [0.1, 0.15) is 5.75 Å². The van der Waals surface area contributed by atoms with Crippen molar-refractivity contribution in [2.45, 2.75) is 12.8 Å². The second-order valence-corrected chi connectivity index (χ2v) is 4.95. The Labute approximate surface area is 123 Å². The standard InChI is InChI=1S/C17H16N2O2/c20-16-9-4-1-6-13(16)12-18-14-7-2-3-8-15(14)19-11-5-10-17(19)21/h1-4,6-9,12,20H,5,10-11H2. The average molecular weight is 280 g/mol. The SMILES string of the molecule is O=C1CCCN1c1ccccc1N=Cc1ccccc1O. The van der Waals surface area contributed by atoms with E-state index in [0.29, 0.717) is 12.0 Å². The molecule has 1 aliphatic heterocycles. The van der Waals surface area contributed by atoms with Gasteiger partial charge in [0.05, 0.1) is 11.4 Å². The van der Waals surface area contributed by atoms with E-state index in [9.17, 15) is 9.90 Å². The smallest absolute Gasteiger partial charge is 0.227 e. The largest absolute Gasteiger partial charge is 0.507 e. The van der Waals surface area contributed by atoms with Gasteiger partial charge in [-0.2, -0.15) is 0 Å². The summed E-state index contributed by atoms with van der Waals surface area (Å²) in [7, 11) is 0. The fraction of sp³-hybridized carbons (Fsp3) is 0.176. The number of aromatic hydroxyl groups is 1. The number of carbonyl (C=O) groups excluding carboxylic acids is 1. The third-order valence-electron chi connectivity index (χ3n) is 3.53. The van der Waals surface area contributed by atoms with Crippen molar-refractivity contribution < 1.29 is 9.90 Å². The van der Waals surface area contributed by atoms with Crippen molar-refractivity contribution in [1.29, 1.82) is 0 Å². The van der Waals surface area contributed by atoms with Gasteiger partial charge in [0.2, 0.25) is 5.91 Å². The molecule has 1 heterocycles. The minimum atomic E-state index is 0.139. The summed E-state index contributed by atoms with van der Waals surface area (Å²) >= 11 is 0. The molecule has 1 saturated heterocycles. The number of para-hydroxylation sites is 3. The zero-order valence-electron chi connectivity index (χ0n) is 11.6. The molecule has 0 atom stereocenters. The lowest BCUT2D eigenvalue weighted by molar-refractivity contribution is -0.117. The van der Waals surface area contributed by atoms with Crippen LogP contribution in [0.3, 0.4) is 0 Å². The molecule has 2 aromatic carbocycles. The zero-order valence-corrected chi connectivity index (χ0v) is 11.6. The van der Waals surface area contributed by atoms with Crippen LogP contribution in [-0.4, -0.2) is 23.8 Å². The molecular formula is C17H16N2O2. The fourth-order valence-electron chi connectivity index (χ4n) is 2.44. The summed E-state index contributed by atoms with van der Waals surface area (Å²) in [6, 6.07) is 14.6. The van der Waals surface area contributed by atoms with E-state index in [1.54, 1.807) is 29.3 Å². The Kier molecular flexibility index (Phi) is 3.69. The van der Waals surface area contributed by atoms with Crippen LogP contribution in [0, 0.1) is 0 Å². The molecule has 3 rings (SSSR count). The van der Waals surface area contributed by atoms with Crippen LogP contribution < -0.4 is 4.90 Å². The van der Waals surface area contributed by atoms with Gasteiger partial charge < -0.3 is 10.0 Å². The molecule has 0 radical (unpaired) electrons. The first-order chi connectivity index (χ1) is 10.3. The highest BCUT2D eigenvalue weighted by molar-refractivity contribution is 5.98. The Morgan fingerprint density at radius 1 is 1.10 bits per heavy atom. The van der Waals surface area contributed by atoms with E-state index in [2.05, 4.69) is 4.99 Å². The number of phenols is 1. The molecule has 0 spiro atoms. The van der Waals surface area contributed by atoms with Gasteiger partial charge in [0, 0.05) is 24.7 Å². The maximum absolute atomic E-state index is 11.9. The Hall–Kier alpha value is -2.62. The summed E-state index contributed by atoms with van der Waals surface area (Å²) in [4.78, 5) is 18.1. The van der Waals surface area contributed by atoms with E-state index >= 15 is 0 Å². The minimum absolute atomic E-state index is 0.139. The normalized spacial score (nSPS) is 15.0. The van der Waals surface area contributed by atoms with E-state index in [-0.39, 0.29) is 11.7 Å². The second-order valence-electron chi connectivity index (χ2n) is 4.95. The molecule has 21 heavy (non-hydrogen) atoms. The van der Waals surface area contributed by atoms with Gasteiger partial charge in [-0.15, -0.1) is 0 Å². The lowest BCUT2D eigenvalue weighted by atomic mass is 10.2. The molecule has 0 bridgehead atoms. The number of carbonyl (C=O) groups is 1. The summed E-state index contributed by atoms with van der Waals surface area (Å²) in [5.74, 6) is 0.330. The van der Waals surface area contributed by atoms with Gasteiger partial charge in [0.25, 0.3) is 0 Å². The van der Waals surface area contributed by atoms with Crippen molar-refractivity contribution in [2.75, 3.05) is 11.4 Å². The number of anilines is 1. The number of amides is 1. The van der Waals surface area contributed by atoms with Crippen LogP contribution in [0.4, 0.5) is 11.4 Å². The van der Waals surface area contributed by atoms with Gasteiger partial charge in [-0.05, 0) is 30.7 Å². The van der Waals surface area contributed by atoms with Crippen LogP contribution >= 0.6 is 0 Å². The van der Waals surface area contributed by atoms with Gasteiger partial charge in [-0.1, -0.05) is 24.3 Å². The predicted octanol–water partition coefficient (Wildman–Crippen LogP) is 3.27. The van der Waals surface area contributed by atoms with Gasteiger partial charge >= 0.3 is 0 Å². The monoisotopic (exact) mass is 280 g/mol. The van der Waals surface area contributed by atoms with E-state index < -0.39 is 0 Å². The maximum Gasteiger partial charge on any atom is 0.227 e. The van der Waals surface area contributed by atoms with Crippen LogP contribution in [-0.2, 0) is 4.79 Å². The number of hydrogen-bond donors (Lipinski definition) is 1. The number of aliphatic imine (C=N–C) groups is 1. The van der Waals surface area contributed by atoms with Crippen LogP contribution in [0.5, 0.6) is 5.75 Å². The second kappa shape index (κ2) is 5.79. The van der Waals surface area contributed by atoms with Crippen LogP contribution in [0.25, 0.3) is 0 Å². The first-order valence-electron chi connectivity index (χ1n) is 6.97. The Morgan fingerprint density at radius 3 is 2.62 bits per heavy atom. The van der Waals surface area contributed by atoms with Crippen LogP contribution in [0.15, 0.2) is 53.5 Å². The van der Waals surface area contributed by atoms with Crippen molar-refractivity contribution >= 4 is 23.5 Å². The lowest BCUT2D eigenvalue weighted by Gasteiger charge is -2.17. The van der Waals surface area contributed by atoms with Crippen LogP contribution in [0.2, 0.25) is 0 Å². The lowest BCUT2D eigenvalue weighted by Crippen LogP contribution is -2.23. The zero-order chi connectivity index (χ0) is 14.7. The molecule has 4 heteroatoms. The van der Waals surface area contributed by atoms with Crippen molar-refractivity contribution in [1.82, 2.24) is 0 Å². The summed E-state index contributed by atoms with van der Waals surface area (Å²) in [5.41, 5.74) is 2.21. The van der Waals surface area contributed by atoms with Crippen molar-refractivity contribution in [3.05, 3.63) is 54.1 Å². The van der Waals surface area contributed by atoms with Gasteiger partial charge in [-0.25, -0.2) is 0 Å². The number of nitrogens with zero attached hydrogens (tertiary/aromatic N) is 2. The first-order valence-corrected chi connectivity index (χ1v) is 6.97. The van der Waals surface area contributed by atoms with E-state index in [4.69, 9.17) is 0 Å². The minimum Gasteiger partial charge on any atom is -0.507 e. The van der Waals surface area contributed by atoms with E-state index in [1.165, 1.54) is 0 Å². The summed E-state index contributed by atoms with van der Waals surface area (Å²) < 4.78 is 0. The molecule has 0 unspecified atom stereocenters. The Morgan fingerprint density at radius 2 is 1.86 bits per heavy atom. The molecule has 1 N–H and O–H groups in total. The fourth-order valence-corrected chi connectivity index (χ4v) is 2.44. The molecule has 1 amide bonds. The third-order valence-corrected chi connectivity index (χ3v) is 3.53. The molecule has 1 aliphatic rings. The Balaban J connectivity index is 1.93. The highest BCUT2D eigenvalue weighted by atomic mass is 16.3. The molecule has 1 fully saturated rings. The molecule has 4 nitrogen and oxygen atoms in total. The molecule has 0 aromatic heterocycles. The number of benzene rings is 2. The third kappa shape index (κ3) is 2.79. The summed E-state index contributed by atoms with van der Waals surface area (Å²) in [5, 5.41) is 9.76. The summed E-state index contributed by atoms with van der Waals surface area (Å²) in [6.07, 6.45) is 3.10. The maximum atomic E-state index is 11.9. The van der Waals surface area contributed by atoms with Crippen molar-refractivity contribution in [2.24, 2.45) is 4.99 Å². The molecule has 0 saturated carbocycles. The van der Waals surface area contributed by atoms with Gasteiger partial charge in [0.15, 0.2) is 0 Å². The topological polar surface area (TPSA) is 52.9 Å². The highest BCUT2D eigenvalue weighted by Gasteiger charge is 2.23. The molecule has 106 valence electrons. The number of rotatable bonds is 3. The first kappa shape index (κ1) is 13.4. The van der Waals surface area contributed by atoms with Gasteiger partial charge in [-0.3, -0.25) is 9.79 Å². The van der Waals surface area contributed by atoms with Crippen molar-refractivity contribution in [3.63, 3.8) is 0 Å². The molecule has 2 aromatic rings. The average Bonchev–Trinajstić information content (AvgIpc) is 2.93. The Bertz CT molecular complexity index is 695. The number of hydrogen-bond acceptors (Lipinski definition) is 3. The molecule has 0 aliphatic carbocycles.